The number of halogens is 1. The zero-order valence-electron chi connectivity index (χ0n) is 10.7. The molecule has 0 bridgehead atoms. The molecule has 1 amide bonds. The van der Waals surface area contributed by atoms with Crippen LogP contribution < -0.4 is 10.2 Å². The van der Waals surface area contributed by atoms with Gasteiger partial charge in [-0.2, -0.15) is 0 Å². The first kappa shape index (κ1) is 12.5. The van der Waals surface area contributed by atoms with E-state index in [9.17, 15) is 9.18 Å². The third-order valence-corrected chi connectivity index (χ3v) is 3.21. The van der Waals surface area contributed by atoms with E-state index in [-0.39, 0.29) is 11.6 Å². The molecule has 0 saturated carbocycles. The first-order valence-electron chi connectivity index (χ1n) is 6.30. The Labute approximate surface area is 115 Å². The monoisotopic (exact) mass is 272 g/mol. The van der Waals surface area contributed by atoms with E-state index in [2.05, 4.69) is 15.3 Å². The van der Waals surface area contributed by atoms with Crippen molar-refractivity contribution in [1.29, 1.82) is 0 Å². The van der Waals surface area contributed by atoms with Crippen LogP contribution in [-0.2, 0) is 0 Å². The third kappa shape index (κ3) is 2.45. The lowest BCUT2D eigenvalue weighted by atomic mass is 10.1. The molecule has 3 rings (SSSR count). The number of nitrogens with zero attached hydrogens (tertiary/aromatic N) is 3. The number of nitrogens with one attached hydrogen (secondary N) is 1. The molecule has 0 radical (unpaired) electrons. The summed E-state index contributed by atoms with van der Waals surface area (Å²) in [6, 6.07) is 7.08. The normalized spacial score (nSPS) is 14.8. The molecule has 0 atom stereocenters. The fourth-order valence-corrected chi connectivity index (χ4v) is 2.12. The van der Waals surface area contributed by atoms with Crippen LogP contribution in [0.5, 0.6) is 0 Å². The Morgan fingerprint density at radius 3 is 2.85 bits per heavy atom. The van der Waals surface area contributed by atoms with Crippen molar-refractivity contribution >= 4 is 11.7 Å². The van der Waals surface area contributed by atoms with Crippen LogP contribution in [0.25, 0.3) is 0 Å². The largest absolute Gasteiger partial charge is 0.352 e. The summed E-state index contributed by atoms with van der Waals surface area (Å²) < 4.78 is 13.4. The van der Waals surface area contributed by atoms with E-state index in [0.29, 0.717) is 13.1 Å². The number of amides is 1. The van der Waals surface area contributed by atoms with Crippen molar-refractivity contribution in [2.24, 2.45) is 0 Å². The van der Waals surface area contributed by atoms with Crippen molar-refractivity contribution in [3.8, 4) is 0 Å². The zero-order valence-corrected chi connectivity index (χ0v) is 10.7. The van der Waals surface area contributed by atoms with E-state index in [1.54, 1.807) is 6.20 Å². The van der Waals surface area contributed by atoms with Crippen LogP contribution in [0.4, 0.5) is 10.2 Å². The quantitative estimate of drug-likeness (QED) is 0.913. The van der Waals surface area contributed by atoms with E-state index in [1.165, 1.54) is 12.3 Å². The molecule has 102 valence electrons. The van der Waals surface area contributed by atoms with Crippen LogP contribution in [0.3, 0.4) is 0 Å². The summed E-state index contributed by atoms with van der Waals surface area (Å²) in [5.41, 5.74) is 0.0243. The topological polar surface area (TPSA) is 58.1 Å². The van der Waals surface area contributed by atoms with Gasteiger partial charge in [-0.25, -0.2) is 9.37 Å². The first-order valence-corrected chi connectivity index (χ1v) is 6.30. The molecule has 0 unspecified atom stereocenters. The maximum atomic E-state index is 13.4. The number of carbonyl (C=O) groups excluding carboxylic acids is 1. The van der Waals surface area contributed by atoms with Gasteiger partial charge in [0.05, 0.1) is 17.8 Å². The van der Waals surface area contributed by atoms with E-state index in [4.69, 9.17) is 0 Å². The molecule has 1 N–H and O–H groups in total. The molecule has 1 aliphatic heterocycles. The Bertz CT molecular complexity index is 614. The van der Waals surface area contributed by atoms with Gasteiger partial charge >= 0.3 is 0 Å². The average Bonchev–Trinajstić information content (AvgIpc) is 2.43. The highest BCUT2D eigenvalue weighted by Crippen LogP contribution is 2.17. The standard InChI is InChI=1S/C14H13FN4O/c15-12-7-16-6-4-11(12)14(20)18-10-8-19(9-10)13-3-1-2-5-17-13/h1-7,10H,8-9H2,(H,18,20). The summed E-state index contributed by atoms with van der Waals surface area (Å²) in [6.07, 6.45) is 4.17. The van der Waals surface area contributed by atoms with E-state index in [1.807, 2.05) is 23.1 Å². The summed E-state index contributed by atoms with van der Waals surface area (Å²) in [4.78, 5) is 21.8. The van der Waals surface area contributed by atoms with E-state index in [0.717, 1.165) is 12.0 Å². The lowest BCUT2D eigenvalue weighted by molar-refractivity contribution is 0.0926. The summed E-state index contributed by atoms with van der Waals surface area (Å²) in [5, 5.41) is 2.80. The number of anilines is 1. The second-order valence-electron chi connectivity index (χ2n) is 4.62. The molecule has 3 heterocycles. The van der Waals surface area contributed by atoms with Crippen LogP contribution in [-0.4, -0.2) is 35.0 Å². The van der Waals surface area contributed by atoms with Gasteiger partial charge in [0.25, 0.3) is 5.91 Å². The number of pyridine rings is 2. The molecular formula is C14H13FN4O. The summed E-state index contributed by atoms with van der Waals surface area (Å²) in [5.74, 6) is -0.130. The van der Waals surface area contributed by atoms with Crippen molar-refractivity contribution in [3.05, 3.63) is 54.2 Å². The van der Waals surface area contributed by atoms with Crippen molar-refractivity contribution in [3.63, 3.8) is 0 Å². The molecule has 2 aromatic heterocycles. The number of carbonyl (C=O) groups is 1. The van der Waals surface area contributed by atoms with Crippen LogP contribution in [0.15, 0.2) is 42.9 Å². The molecule has 6 heteroatoms. The number of hydrogen-bond donors (Lipinski definition) is 1. The Morgan fingerprint density at radius 1 is 1.30 bits per heavy atom. The Morgan fingerprint density at radius 2 is 2.15 bits per heavy atom. The first-order chi connectivity index (χ1) is 9.74. The molecular weight excluding hydrogens is 259 g/mol. The molecule has 0 aliphatic carbocycles. The molecule has 1 aliphatic rings. The second kappa shape index (κ2) is 5.24. The Kier molecular flexibility index (Phi) is 3.28. The van der Waals surface area contributed by atoms with Gasteiger partial charge in [0.2, 0.25) is 0 Å². The molecule has 0 aromatic carbocycles. The molecule has 0 spiro atoms. The predicted octanol–water partition coefficient (Wildman–Crippen LogP) is 1.23. The number of aromatic nitrogens is 2. The van der Waals surface area contributed by atoms with Gasteiger partial charge in [-0.3, -0.25) is 9.78 Å². The molecule has 1 fully saturated rings. The highest BCUT2D eigenvalue weighted by Gasteiger charge is 2.29. The smallest absolute Gasteiger partial charge is 0.254 e. The van der Waals surface area contributed by atoms with Gasteiger partial charge in [0, 0.05) is 25.5 Å². The highest BCUT2D eigenvalue weighted by molar-refractivity contribution is 5.94. The fraction of sp³-hybridized carbons (Fsp3) is 0.214. The predicted molar refractivity (Wildman–Crippen MR) is 71.9 cm³/mol. The highest BCUT2D eigenvalue weighted by atomic mass is 19.1. The van der Waals surface area contributed by atoms with E-state index >= 15 is 0 Å². The maximum absolute atomic E-state index is 13.4. The van der Waals surface area contributed by atoms with Gasteiger partial charge < -0.3 is 10.2 Å². The molecule has 5 nitrogen and oxygen atoms in total. The third-order valence-electron chi connectivity index (χ3n) is 3.21. The minimum Gasteiger partial charge on any atom is -0.352 e. The van der Waals surface area contributed by atoms with Crippen molar-refractivity contribution < 1.29 is 9.18 Å². The van der Waals surface area contributed by atoms with Gasteiger partial charge in [-0.05, 0) is 18.2 Å². The molecule has 1 saturated heterocycles. The SMILES string of the molecule is O=C(NC1CN(c2ccccn2)C1)c1ccncc1F. The fourth-order valence-electron chi connectivity index (χ4n) is 2.12. The second-order valence-corrected chi connectivity index (χ2v) is 4.62. The average molecular weight is 272 g/mol. The summed E-state index contributed by atoms with van der Waals surface area (Å²) in [7, 11) is 0. The summed E-state index contributed by atoms with van der Waals surface area (Å²) >= 11 is 0. The van der Waals surface area contributed by atoms with Gasteiger partial charge in [-0.1, -0.05) is 6.07 Å². The van der Waals surface area contributed by atoms with Crippen molar-refractivity contribution in [2.75, 3.05) is 18.0 Å². The molecule has 2 aromatic rings. The molecule has 20 heavy (non-hydrogen) atoms. The van der Waals surface area contributed by atoms with Gasteiger partial charge in [0.15, 0.2) is 5.82 Å². The number of rotatable bonds is 3. The lowest BCUT2D eigenvalue weighted by Gasteiger charge is -2.40. The maximum Gasteiger partial charge on any atom is 0.254 e. The minimum absolute atomic E-state index is 0.0112. The zero-order chi connectivity index (χ0) is 13.9. The Balaban J connectivity index is 1.57. The van der Waals surface area contributed by atoms with Crippen LogP contribution in [0.1, 0.15) is 10.4 Å². The van der Waals surface area contributed by atoms with Crippen molar-refractivity contribution in [1.82, 2.24) is 15.3 Å². The Hall–Kier alpha value is -2.50. The van der Waals surface area contributed by atoms with Crippen LogP contribution in [0.2, 0.25) is 0 Å². The van der Waals surface area contributed by atoms with Crippen LogP contribution >= 0.6 is 0 Å². The summed E-state index contributed by atoms with van der Waals surface area (Å²) in [6.45, 7) is 1.35. The lowest BCUT2D eigenvalue weighted by Crippen LogP contribution is -2.59. The van der Waals surface area contributed by atoms with E-state index < -0.39 is 11.7 Å². The van der Waals surface area contributed by atoms with Crippen molar-refractivity contribution in [2.45, 2.75) is 6.04 Å². The minimum atomic E-state index is -0.606. The van der Waals surface area contributed by atoms with Gasteiger partial charge in [-0.15, -0.1) is 0 Å². The van der Waals surface area contributed by atoms with Crippen LogP contribution in [0, 0.1) is 5.82 Å². The van der Waals surface area contributed by atoms with Gasteiger partial charge in [0.1, 0.15) is 5.82 Å². The number of hydrogen-bond acceptors (Lipinski definition) is 4.